The van der Waals surface area contributed by atoms with Crippen molar-refractivity contribution in [3.8, 4) is 0 Å². The van der Waals surface area contributed by atoms with E-state index in [-0.39, 0.29) is 5.78 Å². The molecule has 0 radical (unpaired) electrons. The molecular formula is C8H19N2O+. The lowest BCUT2D eigenvalue weighted by Gasteiger charge is -2.28. The number of carbonyl (C=O) groups is 1. The standard InChI is InChI=1S/C8H19N2O/c1-8(11)7-10(3,4)6-5-9-2/h9H,5-7H2,1-4H3/q+1. The molecule has 0 rings (SSSR count). The van der Waals surface area contributed by atoms with Crippen LogP contribution in [0.15, 0.2) is 0 Å². The summed E-state index contributed by atoms with van der Waals surface area (Å²) in [5.74, 6) is 0.256. The summed E-state index contributed by atoms with van der Waals surface area (Å²) in [6.07, 6.45) is 0. The number of quaternary nitrogens is 1. The summed E-state index contributed by atoms with van der Waals surface area (Å²) in [5, 5.41) is 3.07. The van der Waals surface area contributed by atoms with Crippen molar-refractivity contribution >= 4 is 5.78 Å². The number of nitrogens with zero attached hydrogens (tertiary/aromatic N) is 1. The molecule has 0 atom stereocenters. The first-order chi connectivity index (χ1) is 4.98. The fourth-order valence-electron chi connectivity index (χ4n) is 1.10. The van der Waals surface area contributed by atoms with Crippen molar-refractivity contribution in [2.75, 3.05) is 40.8 Å². The molecule has 3 heteroatoms. The van der Waals surface area contributed by atoms with Gasteiger partial charge in [-0.25, -0.2) is 0 Å². The Kier molecular flexibility index (Phi) is 4.30. The van der Waals surface area contributed by atoms with Crippen molar-refractivity contribution < 1.29 is 9.28 Å². The second kappa shape index (κ2) is 4.46. The number of likely N-dealkylation sites (N-methyl/N-ethyl adjacent to an activating group) is 2. The summed E-state index contributed by atoms with van der Waals surface area (Å²) >= 11 is 0. The Morgan fingerprint density at radius 1 is 1.45 bits per heavy atom. The molecule has 0 spiro atoms. The van der Waals surface area contributed by atoms with Crippen LogP contribution in [0.1, 0.15) is 6.92 Å². The number of hydrogen-bond donors (Lipinski definition) is 1. The van der Waals surface area contributed by atoms with E-state index in [1.807, 2.05) is 7.05 Å². The van der Waals surface area contributed by atoms with Crippen LogP contribution in [0.25, 0.3) is 0 Å². The van der Waals surface area contributed by atoms with Gasteiger partial charge in [0.2, 0.25) is 0 Å². The van der Waals surface area contributed by atoms with Crippen LogP contribution in [0.4, 0.5) is 0 Å². The Bertz CT molecular complexity index is 132. The van der Waals surface area contributed by atoms with Gasteiger partial charge in [-0.15, -0.1) is 0 Å². The highest BCUT2D eigenvalue weighted by molar-refractivity contribution is 5.76. The third kappa shape index (κ3) is 6.01. The van der Waals surface area contributed by atoms with E-state index in [1.54, 1.807) is 6.92 Å². The molecule has 0 aliphatic rings. The predicted octanol–water partition coefficient (Wildman–Crippen LogP) is -0.129. The summed E-state index contributed by atoms with van der Waals surface area (Å²) in [4.78, 5) is 10.8. The highest BCUT2D eigenvalue weighted by atomic mass is 16.1. The molecule has 0 bridgehead atoms. The van der Waals surface area contributed by atoms with E-state index < -0.39 is 0 Å². The van der Waals surface area contributed by atoms with Gasteiger partial charge >= 0.3 is 0 Å². The lowest BCUT2D eigenvalue weighted by atomic mass is 10.3. The number of rotatable bonds is 5. The molecule has 0 aromatic heterocycles. The largest absolute Gasteiger partial charge is 0.321 e. The van der Waals surface area contributed by atoms with Crippen LogP contribution in [0.2, 0.25) is 0 Å². The lowest BCUT2D eigenvalue weighted by molar-refractivity contribution is -0.881. The molecule has 0 amide bonds. The number of ketones is 1. The Morgan fingerprint density at radius 3 is 2.36 bits per heavy atom. The average Bonchev–Trinajstić information content (AvgIpc) is 1.81. The van der Waals surface area contributed by atoms with Crippen LogP contribution in [0.3, 0.4) is 0 Å². The van der Waals surface area contributed by atoms with E-state index in [9.17, 15) is 4.79 Å². The molecule has 0 heterocycles. The van der Waals surface area contributed by atoms with Crippen LogP contribution < -0.4 is 5.32 Å². The highest BCUT2D eigenvalue weighted by Crippen LogP contribution is 1.94. The zero-order chi connectivity index (χ0) is 8.91. The second-order valence-corrected chi connectivity index (χ2v) is 3.62. The van der Waals surface area contributed by atoms with Crippen molar-refractivity contribution in [2.45, 2.75) is 6.92 Å². The molecule has 0 fully saturated rings. The Labute approximate surface area is 69.0 Å². The van der Waals surface area contributed by atoms with Gasteiger partial charge in [-0.1, -0.05) is 0 Å². The zero-order valence-corrected chi connectivity index (χ0v) is 7.98. The molecule has 0 aliphatic carbocycles. The van der Waals surface area contributed by atoms with Gasteiger partial charge in [0.1, 0.15) is 6.54 Å². The van der Waals surface area contributed by atoms with Crippen molar-refractivity contribution in [1.29, 1.82) is 0 Å². The molecule has 0 unspecified atom stereocenters. The van der Waals surface area contributed by atoms with Gasteiger partial charge in [0.05, 0.1) is 20.6 Å². The quantitative estimate of drug-likeness (QED) is 0.566. The van der Waals surface area contributed by atoms with Gasteiger partial charge in [-0.2, -0.15) is 0 Å². The van der Waals surface area contributed by atoms with Crippen LogP contribution in [-0.4, -0.2) is 51.0 Å². The van der Waals surface area contributed by atoms with Crippen molar-refractivity contribution in [3.63, 3.8) is 0 Å². The third-order valence-electron chi connectivity index (χ3n) is 1.62. The van der Waals surface area contributed by atoms with Gasteiger partial charge in [0, 0.05) is 13.5 Å². The SMILES string of the molecule is CNCC[N+](C)(C)CC(C)=O. The maximum Gasteiger partial charge on any atom is 0.183 e. The summed E-state index contributed by atoms with van der Waals surface area (Å²) < 4.78 is 0.774. The number of carbonyl (C=O) groups excluding carboxylic acids is 1. The highest BCUT2D eigenvalue weighted by Gasteiger charge is 2.15. The first-order valence-electron chi connectivity index (χ1n) is 3.94. The van der Waals surface area contributed by atoms with Crippen molar-refractivity contribution in [3.05, 3.63) is 0 Å². The van der Waals surface area contributed by atoms with Gasteiger partial charge in [-0.3, -0.25) is 4.79 Å². The topological polar surface area (TPSA) is 29.1 Å². The Balaban J connectivity index is 3.70. The van der Waals surface area contributed by atoms with Crippen LogP contribution in [-0.2, 0) is 4.79 Å². The Morgan fingerprint density at radius 2 is 2.00 bits per heavy atom. The van der Waals surface area contributed by atoms with Crippen LogP contribution in [0, 0.1) is 0 Å². The fraction of sp³-hybridized carbons (Fsp3) is 0.875. The second-order valence-electron chi connectivity index (χ2n) is 3.62. The summed E-state index contributed by atoms with van der Waals surface area (Å²) in [6, 6.07) is 0. The minimum Gasteiger partial charge on any atom is -0.321 e. The fourth-order valence-corrected chi connectivity index (χ4v) is 1.10. The maximum atomic E-state index is 10.8. The third-order valence-corrected chi connectivity index (χ3v) is 1.62. The van der Waals surface area contributed by atoms with Crippen LogP contribution in [0.5, 0.6) is 0 Å². The monoisotopic (exact) mass is 159 g/mol. The van der Waals surface area contributed by atoms with E-state index in [1.165, 1.54) is 0 Å². The van der Waals surface area contributed by atoms with E-state index in [2.05, 4.69) is 19.4 Å². The minimum absolute atomic E-state index is 0.256. The van der Waals surface area contributed by atoms with Gasteiger partial charge in [-0.05, 0) is 7.05 Å². The first kappa shape index (κ1) is 10.6. The molecule has 11 heavy (non-hydrogen) atoms. The molecular weight excluding hydrogens is 140 g/mol. The maximum absolute atomic E-state index is 10.8. The molecule has 0 aromatic carbocycles. The van der Waals surface area contributed by atoms with Crippen LogP contribution >= 0.6 is 0 Å². The van der Waals surface area contributed by atoms with E-state index >= 15 is 0 Å². The number of nitrogens with one attached hydrogen (secondary N) is 1. The smallest absolute Gasteiger partial charge is 0.183 e. The zero-order valence-electron chi connectivity index (χ0n) is 7.98. The first-order valence-corrected chi connectivity index (χ1v) is 3.94. The lowest BCUT2D eigenvalue weighted by Crippen LogP contribution is -2.46. The molecule has 0 aliphatic heterocycles. The van der Waals surface area contributed by atoms with E-state index in [0.29, 0.717) is 6.54 Å². The molecule has 0 saturated heterocycles. The minimum atomic E-state index is 0.256. The predicted molar refractivity (Wildman–Crippen MR) is 46.5 cm³/mol. The van der Waals surface area contributed by atoms with Crippen molar-refractivity contribution in [1.82, 2.24) is 5.32 Å². The molecule has 0 saturated carbocycles. The van der Waals surface area contributed by atoms with Gasteiger partial charge < -0.3 is 9.80 Å². The molecule has 1 N–H and O–H groups in total. The summed E-state index contributed by atoms with van der Waals surface area (Å²) in [5.41, 5.74) is 0. The van der Waals surface area contributed by atoms with E-state index in [0.717, 1.165) is 17.6 Å². The molecule has 3 nitrogen and oxygen atoms in total. The molecule has 66 valence electrons. The van der Waals surface area contributed by atoms with E-state index in [4.69, 9.17) is 0 Å². The number of Topliss-reactive ketones (excluding diaryl/α,β-unsaturated/α-hetero) is 1. The van der Waals surface area contributed by atoms with Gasteiger partial charge in [0.15, 0.2) is 5.78 Å². The summed E-state index contributed by atoms with van der Waals surface area (Å²) in [7, 11) is 6.06. The average molecular weight is 159 g/mol. The summed E-state index contributed by atoms with van der Waals surface area (Å²) in [6.45, 7) is 4.22. The van der Waals surface area contributed by atoms with Gasteiger partial charge in [0.25, 0.3) is 0 Å². The number of hydrogen-bond acceptors (Lipinski definition) is 2. The van der Waals surface area contributed by atoms with Crippen molar-refractivity contribution in [2.24, 2.45) is 0 Å². The molecule has 0 aromatic rings. The normalized spacial score (nSPS) is 11.6. The Hall–Kier alpha value is -0.410.